The topological polar surface area (TPSA) is 51.8 Å². The van der Waals surface area contributed by atoms with Crippen molar-refractivity contribution in [3.8, 4) is 67.5 Å². The first-order chi connectivity index (χ1) is 28.2. The minimum absolute atomic E-state index is 0.631. The lowest BCUT2D eigenvalue weighted by Gasteiger charge is -2.12. The lowest BCUT2D eigenvalue weighted by Crippen LogP contribution is -2.00. The van der Waals surface area contributed by atoms with Gasteiger partial charge in [-0.15, -0.1) is 0 Å². The van der Waals surface area contributed by atoms with Crippen LogP contribution in [0.1, 0.15) is 0 Å². The summed E-state index contributed by atoms with van der Waals surface area (Å²) in [7, 11) is 0. The van der Waals surface area contributed by atoms with E-state index in [9.17, 15) is 0 Å². The highest BCUT2D eigenvalue weighted by molar-refractivity contribution is 6.22. The normalized spacial score (nSPS) is 11.5. The van der Waals surface area contributed by atoms with Crippen LogP contribution in [0.25, 0.3) is 111 Å². The highest BCUT2D eigenvalue weighted by atomic mass is 16.3. The summed E-state index contributed by atoms with van der Waals surface area (Å²) in [6, 6.07) is 70.0. The second-order valence-corrected chi connectivity index (χ2v) is 14.4. The van der Waals surface area contributed by atoms with E-state index >= 15 is 0 Å². The number of nitrogens with zero attached hydrogens (tertiary/aromatic N) is 3. The van der Waals surface area contributed by atoms with E-state index in [1.54, 1.807) is 0 Å². The van der Waals surface area contributed by atoms with Gasteiger partial charge in [0.15, 0.2) is 17.5 Å². The Kier molecular flexibility index (Phi) is 7.78. The van der Waals surface area contributed by atoms with Crippen molar-refractivity contribution in [3.05, 3.63) is 200 Å². The number of fused-ring (bicyclic) bond motifs is 6. The van der Waals surface area contributed by atoms with Gasteiger partial charge < -0.3 is 4.42 Å². The molecule has 0 amide bonds. The van der Waals surface area contributed by atoms with Crippen molar-refractivity contribution in [2.45, 2.75) is 0 Å². The van der Waals surface area contributed by atoms with Gasteiger partial charge in [-0.25, -0.2) is 15.0 Å². The zero-order chi connectivity index (χ0) is 37.7. The number of hydrogen-bond donors (Lipinski definition) is 0. The van der Waals surface area contributed by atoms with Gasteiger partial charge in [-0.1, -0.05) is 170 Å². The molecule has 9 aromatic carbocycles. The van der Waals surface area contributed by atoms with Crippen LogP contribution in [0, 0.1) is 0 Å². The Morgan fingerprint density at radius 2 is 0.825 bits per heavy atom. The Morgan fingerprint density at radius 3 is 1.54 bits per heavy atom. The zero-order valence-electron chi connectivity index (χ0n) is 30.8. The molecule has 11 rings (SSSR count). The van der Waals surface area contributed by atoms with Crippen LogP contribution in [-0.2, 0) is 0 Å². The van der Waals surface area contributed by atoms with Gasteiger partial charge in [0.25, 0.3) is 0 Å². The Hall–Kier alpha value is -7.69. The molecule has 11 aromatic rings. The Morgan fingerprint density at radius 1 is 0.298 bits per heavy atom. The lowest BCUT2D eigenvalue weighted by molar-refractivity contribution is 0.673. The van der Waals surface area contributed by atoms with Crippen LogP contribution in [0.5, 0.6) is 0 Å². The summed E-state index contributed by atoms with van der Waals surface area (Å²) in [6.45, 7) is 0. The molecule has 57 heavy (non-hydrogen) atoms. The van der Waals surface area contributed by atoms with Crippen LogP contribution in [0.15, 0.2) is 205 Å². The first kappa shape index (κ1) is 32.7. The van der Waals surface area contributed by atoms with Crippen molar-refractivity contribution in [1.29, 1.82) is 0 Å². The predicted molar refractivity (Wildman–Crippen MR) is 235 cm³/mol. The fourth-order valence-corrected chi connectivity index (χ4v) is 8.13. The van der Waals surface area contributed by atoms with Gasteiger partial charge in [0.05, 0.1) is 0 Å². The van der Waals surface area contributed by atoms with E-state index in [4.69, 9.17) is 19.4 Å². The van der Waals surface area contributed by atoms with E-state index < -0.39 is 0 Å². The van der Waals surface area contributed by atoms with Crippen LogP contribution in [0.2, 0.25) is 0 Å². The second-order valence-electron chi connectivity index (χ2n) is 14.4. The fraction of sp³-hybridized carbons (Fsp3) is 0. The SMILES string of the molecule is c1ccc(-c2nc(-c3ccccc3)nc(-c3cccc(-c4cccc(-c5cc6c(oc7cccc(-c8ccc9ccccc9c8)c76)c6ccccc56)c4)c3)n2)cc1. The average molecular weight is 728 g/mol. The second kappa shape index (κ2) is 13.6. The first-order valence-electron chi connectivity index (χ1n) is 19.2. The van der Waals surface area contributed by atoms with E-state index in [2.05, 4.69) is 140 Å². The highest BCUT2D eigenvalue weighted by Crippen LogP contribution is 2.44. The molecule has 0 saturated carbocycles. The molecule has 0 aliphatic heterocycles. The monoisotopic (exact) mass is 727 g/mol. The fourth-order valence-electron chi connectivity index (χ4n) is 8.13. The Bertz CT molecular complexity index is 3240. The largest absolute Gasteiger partial charge is 0.455 e. The van der Waals surface area contributed by atoms with E-state index in [0.717, 1.165) is 77.2 Å². The summed E-state index contributed by atoms with van der Waals surface area (Å²) in [5.41, 5.74) is 11.4. The van der Waals surface area contributed by atoms with Crippen LogP contribution < -0.4 is 0 Å². The van der Waals surface area contributed by atoms with Crippen molar-refractivity contribution in [3.63, 3.8) is 0 Å². The summed E-state index contributed by atoms with van der Waals surface area (Å²) >= 11 is 0. The van der Waals surface area contributed by atoms with Gasteiger partial charge in [-0.05, 0) is 79.9 Å². The summed E-state index contributed by atoms with van der Waals surface area (Å²) in [5.74, 6) is 1.92. The predicted octanol–water partition coefficient (Wildman–Crippen LogP) is 14.1. The van der Waals surface area contributed by atoms with Crippen molar-refractivity contribution in [2.75, 3.05) is 0 Å². The molecule has 266 valence electrons. The summed E-state index contributed by atoms with van der Waals surface area (Å²) < 4.78 is 6.71. The maximum atomic E-state index is 6.71. The molecular weight excluding hydrogens is 695 g/mol. The van der Waals surface area contributed by atoms with Crippen molar-refractivity contribution >= 4 is 43.5 Å². The summed E-state index contributed by atoms with van der Waals surface area (Å²) in [4.78, 5) is 14.9. The van der Waals surface area contributed by atoms with Crippen LogP contribution in [0.3, 0.4) is 0 Å². The molecule has 0 aliphatic rings. The van der Waals surface area contributed by atoms with Crippen LogP contribution in [-0.4, -0.2) is 15.0 Å². The molecule has 0 fully saturated rings. The Labute approximate surface area is 329 Å². The number of benzene rings is 9. The molecule has 0 radical (unpaired) electrons. The molecule has 0 spiro atoms. The smallest absolute Gasteiger partial charge is 0.164 e. The van der Waals surface area contributed by atoms with Crippen LogP contribution in [0.4, 0.5) is 0 Å². The molecule has 4 nitrogen and oxygen atoms in total. The van der Waals surface area contributed by atoms with E-state index in [0.29, 0.717) is 17.5 Å². The van der Waals surface area contributed by atoms with Crippen molar-refractivity contribution in [2.24, 2.45) is 0 Å². The molecule has 0 bridgehead atoms. The Balaban J connectivity index is 1.05. The number of hydrogen-bond acceptors (Lipinski definition) is 4. The number of aromatic nitrogens is 3. The maximum absolute atomic E-state index is 6.71. The third kappa shape index (κ3) is 5.83. The molecule has 0 N–H and O–H groups in total. The zero-order valence-corrected chi connectivity index (χ0v) is 30.8. The molecule has 0 aliphatic carbocycles. The highest BCUT2D eigenvalue weighted by Gasteiger charge is 2.19. The maximum Gasteiger partial charge on any atom is 0.164 e. The third-order valence-electron chi connectivity index (χ3n) is 10.9. The minimum Gasteiger partial charge on any atom is -0.455 e. The van der Waals surface area contributed by atoms with Gasteiger partial charge in [0.1, 0.15) is 11.2 Å². The molecular formula is C53H33N3O. The third-order valence-corrected chi connectivity index (χ3v) is 10.9. The molecule has 0 unspecified atom stereocenters. The first-order valence-corrected chi connectivity index (χ1v) is 19.2. The molecule has 0 atom stereocenters. The molecule has 2 aromatic heterocycles. The van der Waals surface area contributed by atoms with Gasteiger partial charge in [0, 0.05) is 32.8 Å². The quantitative estimate of drug-likeness (QED) is 0.171. The van der Waals surface area contributed by atoms with Gasteiger partial charge >= 0.3 is 0 Å². The standard InChI is InChI=1S/C53H33N3O/c1-3-15-35(16-4-1)51-54-52(36-17-5-2-6-18-36)56-53(55-51)42-23-12-21-39(32-42)38-20-11-22-40(31-38)46-33-47-49-43(41-29-28-34-14-7-8-19-37(34)30-41)26-13-27-48(49)57-50(47)45-25-10-9-24-44(45)46/h1-33H. The number of furan rings is 1. The van der Waals surface area contributed by atoms with E-state index in [1.165, 1.54) is 16.3 Å². The van der Waals surface area contributed by atoms with Gasteiger partial charge in [-0.3, -0.25) is 0 Å². The minimum atomic E-state index is 0.631. The summed E-state index contributed by atoms with van der Waals surface area (Å²) in [6.07, 6.45) is 0. The van der Waals surface area contributed by atoms with E-state index in [-0.39, 0.29) is 0 Å². The molecule has 0 saturated heterocycles. The molecule has 4 heteroatoms. The lowest BCUT2D eigenvalue weighted by atomic mass is 9.91. The molecule has 2 heterocycles. The van der Waals surface area contributed by atoms with Gasteiger partial charge in [0.2, 0.25) is 0 Å². The van der Waals surface area contributed by atoms with Crippen molar-refractivity contribution in [1.82, 2.24) is 15.0 Å². The van der Waals surface area contributed by atoms with Crippen molar-refractivity contribution < 1.29 is 4.42 Å². The van der Waals surface area contributed by atoms with Gasteiger partial charge in [-0.2, -0.15) is 0 Å². The van der Waals surface area contributed by atoms with E-state index in [1.807, 2.05) is 60.7 Å². The van der Waals surface area contributed by atoms with Crippen LogP contribution >= 0.6 is 0 Å². The number of rotatable bonds is 6. The summed E-state index contributed by atoms with van der Waals surface area (Å²) in [5, 5.41) is 6.92. The average Bonchev–Trinajstić information content (AvgIpc) is 3.68.